The molecule has 0 aliphatic heterocycles. The maximum absolute atomic E-state index is 14.6. The zero-order chi connectivity index (χ0) is 20.0. The van der Waals surface area contributed by atoms with Crippen LogP contribution in [0.5, 0.6) is 0 Å². The van der Waals surface area contributed by atoms with Gasteiger partial charge in [-0.05, 0) is 12.5 Å². The highest BCUT2D eigenvalue weighted by Gasteiger charge is 2.38. The van der Waals surface area contributed by atoms with E-state index in [0.29, 0.717) is 0 Å². The van der Waals surface area contributed by atoms with Gasteiger partial charge in [-0.2, -0.15) is 13.2 Å². The first-order valence-electron chi connectivity index (χ1n) is 6.76. The number of nitrogens with one attached hydrogen (secondary N) is 1. The van der Waals surface area contributed by atoms with Gasteiger partial charge in [0.25, 0.3) is 5.56 Å². The van der Waals surface area contributed by atoms with Gasteiger partial charge in [-0.25, -0.2) is 14.0 Å². The lowest BCUT2D eigenvalue weighted by molar-refractivity contribution is -0.140. The van der Waals surface area contributed by atoms with Crippen LogP contribution in [0.25, 0.3) is 11.1 Å². The Morgan fingerprint density at radius 3 is 2.12 bits per heavy atom. The van der Waals surface area contributed by atoms with Crippen LogP contribution >= 0.6 is 0 Å². The fourth-order valence-electron chi connectivity index (χ4n) is 2.53. The van der Waals surface area contributed by atoms with Crippen LogP contribution < -0.4 is 11.3 Å². The number of aromatic carboxylic acids is 2. The standard InChI is InChI=1S/C15H10F4N2O5/c1-4-2-3-5(10(16)9(4)15(17,18)19)6-7(13(23)24)11(20)21-12(22)8(6)14(25)26/h2-3H,1H3,(H,23,24)(H,25,26)(H3,20,21,22). The van der Waals surface area contributed by atoms with Crippen molar-refractivity contribution in [3.05, 3.63) is 50.6 Å². The number of aromatic amines is 1. The van der Waals surface area contributed by atoms with Crippen molar-refractivity contribution in [2.75, 3.05) is 5.73 Å². The lowest BCUT2D eigenvalue weighted by atomic mass is 9.92. The van der Waals surface area contributed by atoms with Gasteiger partial charge in [0.05, 0.1) is 5.56 Å². The molecule has 2 rings (SSSR count). The third-order valence-corrected chi connectivity index (χ3v) is 3.58. The Morgan fingerprint density at radius 2 is 1.65 bits per heavy atom. The smallest absolute Gasteiger partial charge is 0.419 e. The molecule has 0 radical (unpaired) electrons. The molecule has 138 valence electrons. The highest BCUT2D eigenvalue weighted by molar-refractivity contribution is 6.07. The second-order valence-corrected chi connectivity index (χ2v) is 5.22. The van der Waals surface area contributed by atoms with Crippen molar-refractivity contribution in [1.29, 1.82) is 0 Å². The molecule has 0 saturated carbocycles. The summed E-state index contributed by atoms with van der Waals surface area (Å²) in [6, 6.07) is 1.59. The molecule has 0 atom stereocenters. The molecule has 5 N–H and O–H groups in total. The minimum atomic E-state index is -5.14. The number of aryl methyl sites for hydroxylation is 1. The zero-order valence-corrected chi connectivity index (χ0v) is 12.9. The molecule has 0 aliphatic carbocycles. The molecule has 0 fully saturated rings. The molecule has 0 spiro atoms. The molecule has 1 aromatic heterocycles. The second kappa shape index (κ2) is 6.17. The van der Waals surface area contributed by atoms with Gasteiger partial charge in [-0.15, -0.1) is 0 Å². The molecular weight excluding hydrogens is 364 g/mol. The van der Waals surface area contributed by atoms with Crippen molar-refractivity contribution in [3.8, 4) is 11.1 Å². The van der Waals surface area contributed by atoms with Crippen LogP contribution in [-0.4, -0.2) is 27.1 Å². The van der Waals surface area contributed by atoms with Crippen LogP contribution in [-0.2, 0) is 6.18 Å². The highest BCUT2D eigenvalue weighted by Crippen LogP contribution is 2.39. The van der Waals surface area contributed by atoms with Gasteiger partial charge in [0.1, 0.15) is 22.8 Å². The van der Waals surface area contributed by atoms with Gasteiger partial charge >= 0.3 is 18.1 Å². The Hall–Kier alpha value is -3.37. The van der Waals surface area contributed by atoms with Gasteiger partial charge in [-0.1, -0.05) is 12.1 Å². The molecule has 11 heteroatoms. The quantitative estimate of drug-likeness (QED) is 0.610. The first-order chi connectivity index (χ1) is 11.9. The van der Waals surface area contributed by atoms with E-state index in [0.717, 1.165) is 19.1 Å². The number of hydrogen-bond acceptors (Lipinski definition) is 4. The number of hydrogen-bond donors (Lipinski definition) is 4. The number of carboxylic acid groups (broad SMARTS) is 2. The third kappa shape index (κ3) is 2.98. The molecule has 7 nitrogen and oxygen atoms in total. The number of benzene rings is 1. The van der Waals surface area contributed by atoms with E-state index < -0.39 is 68.7 Å². The number of nitrogen functional groups attached to an aromatic ring is 1. The minimum Gasteiger partial charge on any atom is -0.478 e. The van der Waals surface area contributed by atoms with E-state index in [4.69, 9.17) is 5.73 Å². The summed E-state index contributed by atoms with van der Waals surface area (Å²) in [7, 11) is 0. The normalized spacial score (nSPS) is 11.4. The van der Waals surface area contributed by atoms with Crippen LogP contribution in [0, 0.1) is 12.7 Å². The highest BCUT2D eigenvalue weighted by atomic mass is 19.4. The summed E-state index contributed by atoms with van der Waals surface area (Å²) >= 11 is 0. The second-order valence-electron chi connectivity index (χ2n) is 5.22. The molecule has 1 aromatic carbocycles. The molecular formula is C15H10F4N2O5. The number of pyridine rings is 1. The summed E-state index contributed by atoms with van der Waals surface area (Å²) in [6.45, 7) is 0.970. The number of aromatic nitrogens is 1. The Labute approximate surface area is 141 Å². The van der Waals surface area contributed by atoms with Crippen LogP contribution in [0.2, 0.25) is 0 Å². The van der Waals surface area contributed by atoms with E-state index in [1.165, 1.54) is 0 Å². The van der Waals surface area contributed by atoms with Gasteiger partial charge in [0.15, 0.2) is 0 Å². The number of halogens is 4. The van der Waals surface area contributed by atoms with Crippen LogP contribution in [0.4, 0.5) is 23.4 Å². The number of rotatable bonds is 3. The number of anilines is 1. The largest absolute Gasteiger partial charge is 0.478 e. The van der Waals surface area contributed by atoms with Crippen molar-refractivity contribution < 1.29 is 37.4 Å². The number of H-pyrrole nitrogens is 1. The summed E-state index contributed by atoms with van der Waals surface area (Å²) < 4.78 is 54.0. The molecule has 0 bridgehead atoms. The Bertz CT molecular complexity index is 995. The Kier molecular flexibility index (Phi) is 4.50. The first kappa shape index (κ1) is 19.0. The van der Waals surface area contributed by atoms with E-state index in [1.54, 1.807) is 4.98 Å². The predicted molar refractivity (Wildman–Crippen MR) is 80.5 cm³/mol. The van der Waals surface area contributed by atoms with Gasteiger partial charge in [-0.3, -0.25) is 4.79 Å². The molecule has 0 aliphatic rings. The minimum absolute atomic E-state index is 0.509. The topological polar surface area (TPSA) is 133 Å². The number of alkyl halides is 3. The fourth-order valence-corrected chi connectivity index (χ4v) is 2.53. The summed E-state index contributed by atoms with van der Waals surface area (Å²) in [5.41, 5.74) is -2.58. The Balaban J connectivity index is 3.09. The van der Waals surface area contributed by atoms with Crippen molar-refractivity contribution in [1.82, 2.24) is 4.98 Å². The van der Waals surface area contributed by atoms with Crippen LogP contribution in [0.15, 0.2) is 16.9 Å². The Morgan fingerprint density at radius 1 is 1.12 bits per heavy atom. The lowest BCUT2D eigenvalue weighted by Crippen LogP contribution is -2.25. The molecule has 1 heterocycles. The predicted octanol–water partition coefficient (Wildman–Crippen LogP) is 2.49. The maximum atomic E-state index is 14.6. The molecule has 0 amide bonds. The van der Waals surface area contributed by atoms with Crippen molar-refractivity contribution in [2.24, 2.45) is 0 Å². The number of carboxylic acids is 2. The molecule has 0 saturated heterocycles. The average Bonchev–Trinajstić information content (AvgIpc) is 2.43. The fraction of sp³-hybridized carbons (Fsp3) is 0.133. The zero-order valence-electron chi connectivity index (χ0n) is 12.9. The van der Waals surface area contributed by atoms with Crippen LogP contribution in [0.3, 0.4) is 0 Å². The monoisotopic (exact) mass is 374 g/mol. The van der Waals surface area contributed by atoms with Gasteiger partial charge in [0, 0.05) is 11.1 Å². The number of carbonyl (C=O) groups is 2. The molecule has 0 unspecified atom stereocenters. The van der Waals surface area contributed by atoms with Crippen molar-refractivity contribution in [3.63, 3.8) is 0 Å². The lowest BCUT2D eigenvalue weighted by Gasteiger charge is -2.17. The van der Waals surface area contributed by atoms with E-state index in [-0.39, 0.29) is 0 Å². The van der Waals surface area contributed by atoms with Crippen LogP contribution in [0.1, 0.15) is 31.8 Å². The molecule has 26 heavy (non-hydrogen) atoms. The van der Waals surface area contributed by atoms with Crippen molar-refractivity contribution >= 4 is 17.8 Å². The maximum Gasteiger partial charge on any atom is 0.419 e. The summed E-state index contributed by atoms with van der Waals surface area (Å²) in [5, 5.41) is 18.4. The van der Waals surface area contributed by atoms with Gasteiger partial charge in [0.2, 0.25) is 0 Å². The van der Waals surface area contributed by atoms with E-state index >= 15 is 0 Å². The third-order valence-electron chi connectivity index (χ3n) is 3.58. The number of nitrogens with two attached hydrogens (primary N) is 1. The van der Waals surface area contributed by atoms with Gasteiger partial charge < -0.3 is 20.9 Å². The summed E-state index contributed by atoms with van der Waals surface area (Å²) in [4.78, 5) is 36.4. The average molecular weight is 374 g/mol. The van der Waals surface area contributed by atoms with E-state index in [9.17, 15) is 42.2 Å². The molecule has 2 aromatic rings. The first-order valence-corrected chi connectivity index (χ1v) is 6.76. The SMILES string of the molecule is Cc1ccc(-c2c(C(=O)O)c(N)[nH]c(=O)c2C(=O)O)c(F)c1C(F)(F)F. The van der Waals surface area contributed by atoms with Crippen molar-refractivity contribution in [2.45, 2.75) is 13.1 Å². The summed E-state index contributed by atoms with van der Waals surface area (Å²) in [5.74, 6) is -6.55. The van der Waals surface area contributed by atoms with E-state index in [2.05, 4.69) is 0 Å². The summed E-state index contributed by atoms with van der Waals surface area (Å²) in [6.07, 6.45) is -5.14. The van der Waals surface area contributed by atoms with E-state index in [1.807, 2.05) is 0 Å².